The lowest BCUT2D eigenvalue weighted by atomic mass is 9.95. The summed E-state index contributed by atoms with van der Waals surface area (Å²) in [6.07, 6.45) is 1.41. The van der Waals surface area contributed by atoms with Gasteiger partial charge in [0.1, 0.15) is 5.92 Å². The van der Waals surface area contributed by atoms with Crippen LogP contribution in [-0.2, 0) is 0 Å². The first-order valence-corrected chi connectivity index (χ1v) is 6.16. The molecule has 0 N–H and O–H groups in total. The van der Waals surface area contributed by atoms with Crippen molar-refractivity contribution >= 4 is 33.3 Å². The lowest BCUT2D eigenvalue weighted by molar-refractivity contribution is 0.0943. The van der Waals surface area contributed by atoms with Crippen molar-refractivity contribution in [1.82, 2.24) is 0 Å². The van der Waals surface area contributed by atoms with E-state index >= 15 is 0 Å². The Labute approximate surface area is 108 Å². The second-order valence-corrected chi connectivity index (χ2v) is 4.73. The molecule has 0 fully saturated rings. The Balaban J connectivity index is 2.96. The van der Waals surface area contributed by atoms with E-state index in [1.807, 2.05) is 13.0 Å². The lowest BCUT2D eigenvalue weighted by Crippen LogP contribution is -2.12. The van der Waals surface area contributed by atoms with E-state index in [0.717, 1.165) is 6.42 Å². The van der Waals surface area contributed by atoms with Gasteiger partial charge in [-0.15, -0.1) is 0 Å². The molecule has 4 heteroatoms. The van der Waals surface area contributed by atoms with Crippen molar-refractivity contribution in [3.05, 3.63) is 33.3 Å². The third kappa shape index (κ3) is 3.07. The highest BCUT2D eigenvalue weighted by atomic mass is 79.9. The maximum atomic E-state index is 11.9. The Morgan fingerprint density at radius 3 is 2.81 bits per heavy atom. The van der Waals surface area contributed by atoms with Gasteiger partial charge in [0.25, 0.3) is 0 Å². The first-order valence-electron chi connectivity index (χ1n) is 4.99. The number of nitrogens with zero attached hydrogens (tertiary/aromatic N) is 1. The van der Waals surface area contributed by atoms with Crippen LogP contribution in [0.4, 0.5) is 0 Å². The largest absolute Gasteiger partial charge is 0.293 e. The van der Waals surface area contributed by atoms with Crippen LogP contribution < -0.4 is 0 Å². The highest BCUT2D eigenvalue weighted by Gasteiger charge is 2.19. The predicted molar refractivity (Wildman–Crippen MR) is 67.5 cm³/mol. The second kappa shape index (κ2) is 6.03. The van der Waals surface area contributed by atoms with Gasteiger partial charge >= 0.3 is 0 Å². The number of nitriles is 1. The van der Waals surface area contributed by atoms with Gasteiger partial charge in [0, 0.05) is 10.0 Å². The van der Waals surface area contributed by atoms with Gasteiger partial charge in [-0.05, 0) is 40.5 Å². The SMILES string of the molecule is CCCC(C#N)C(=O)c1ccc(Cl)c(Br)c1. The second-order valence-electron chi connectivity index (χ2n) is 3.46. The van der Waals surface area contributed by atoms with Crippen LogP contribution in [0.5, 0.6) is 0 Å². The van der Waals surface area contributed by atoms with E-state index in [1.165, 1.54) is 0 Å². The molecule has 0 aromatic heterocycles. The van der Waals surface area contributed by atoms with Gasteiger partial charge in [0.05, 0.1) is 11.1 Å². The van der Waals surface area contributed by atoms with E-state index in [1.54, 1.807) is 18.2 Å². The van der Waals surface area contributed by atoms with Gasteiger partial charge in [-0.2, -0.15) is 5.26 Å². The van der Waals surface area contributed by atoms with E-state index in [4.69, 9.17) is 16.9 Å². The molecule has 0 aliphatic carbocycles. The number of rotatable bonds is 4. The highest BCUT2D eigenvalue weighted by molar-refractivity contribution is 9.10. The lowest BCUT2D eigenvalue weighted by Gasteiger charge is -2.07. The molecule has 0 radical (unpaired) electrons. The molecule has 84 valence electrons. The zero-order chi connectivity index (χ0) is 12.1. The Morgan fingerprint density at radius 1 is 1.62 bits per heavy atom. The van der Waals surface area contributed by atoms with E-state index in [-0.39, 0.29) is 5.78 Å². The van der Waals surface area contributed by atoms with Crippen LogP contribution in [0.25, 0.3) is 0 Å². The van der Waals surface area contributed by atoms with Crippen molar-refractivity contribution in [2.45, 2.75) is 19.8 Å². The number of hydrogen-bond acceptors (Lipinski definition) is 2. The molecular formula is C12H11BrClNO. The van der Waals surface area contributed by atoms with Crippen LogP contribution >= 0.6 is 27.5 Å². The highest BCUT2D eigenvalue weighted by Crippen LogP contribution is 2.25. The summed E-state index contributed by atoms with van der Waals surface area (Å²) in [6, 6.07) is 7.00. The minimum Gasteiger partial charge on any atom is -0.293 e. The smallest absolute Gasteiger partial charge is 0.180 e. The molecule has 1 aromatic carbocycles. The van der Waals surface area contributed by atoms with Gasteiger partial charge in [-0.1, -0.05) is 24.9 Å². The van der Waals surface area contributed by atoms with Gasteiger partial charge in [0.2, 0.25) is 0 Å². The number of ketones is 1. The fraction of sp³-hybridized carbons (Fsp3) is 0.333. The summed E-state index contributed by atoms with van der Waals surface area (Å²) in [5, 5.41) is 9.46. The summed E-state index contributed by atoms with van der Waals surface area (Å²) in [6.45, 7) is 1.95. The monoisotopic (exact) mass is 299 g/mol. The summed E-state index contributed by atoms with van der Waals surface area (Å²) >= 11 is 9.09. The molecular weight excluding hydrogens is 289 g/mol. The molecule has 0 aliphatic rings. The molecule has 0 saturated carbocycles. The molecule has 0 saturated heterocycles. The fourth-order valence-electron chi connectivity index (χ4n) is 1.39. The van der Waals surface area contributed by atoms with Crippen molar-refractivity contribution in [2.24, 2.45) is 5.92 Å². The number of Topliss-reactive ketones (excluding diaryl/α,β-unsaturated/α-hetero) is 1. The first kappa shape index (κ1) is 13.2. The minimum absolute atomic E-state index is 0.137. The molecule has 0 bridgehead atoms. The Kier molecular flexibility index (Phi) is 4.98. The van der Waals surface area contributed by atoms with Crippen molar-refractivity contribution < 1.29 is 4.79 Å². The van der Waals surface area contributed by atoms with Gasteiger partial charge in [0.15, 0.2) is 5.78 Å². The van der Waals surface area contributed by atoms with E-state index in [0.29, 0.717) is 21.5 Å². The van der Waals surface area contributed by atoms with Crippen LogP contribution in [-0.4, -0.2) is 5.78 Å². The average molecular weight is 301 g/mol. The standard InChI is InChI=1S/C12H11BrClNO/c1-2-3-9(7-15)12(16)8-4-5-11(14)10(13)6-8/h4-6,9H,2-3H2,1H3. The first-order chi connectivity index (χ1) is 7.60. The average Bonchev–Trinajstić information content (AvgIpc) is 2.28. The van der Waals surface area contributed by atoms with Crippen LogP contribution in [0.15, 0.2) is 22.7 Å². The summed E-state index contributed by atoms with van der Waals surface area (Å²) in [7, 11) is 0. The molecule has 1 unspecified atom stereocenters. The minimum atomic E-state index is -0.557. The molecule has 0 spiro atoms. The topological polar surface area (TPSA) is 40.9 Å². The maximum absolute atomic E-state index is 11.9. The van der Waals surface area contributed by atoms with Crippen molar-refractivity contribution in [2.75, 3.05) is 0 Å². The molecule has 0 heterocycles. The summed E-state index contributed by atoms with van der Waals surface area (Å²) < 4.78 is 0.674. The van der Waals surface area contributed by atoms with E-state index in [2.05, 4.69) is 15.9 Å². The molecule has 0 aliphatic heterocycles. The predicted octanol–water partition coefficient (Wildman–Crippen LogP) is 4.23. The molecule has 16 heavy (non-hydrogen) atoms. The van der Waals surface area contributed by atoms with Crippen molar-refractivity contribution in [3.63, 3.8) is 0 Å². The quantitative estimate of drug-likeness (QED) is 0.781. The zero-order valence-electron chi connectivity index (χ0n) is 8.84. The molecule has 0 amide bonds. The van der Waals surface area contributed by atoms with Crippen LogP contribution in [0.1, 0.15) is 30.1 Å². The Morgan fingerprint density at radius 2 is 2.31 bits per heavy atom. The third-order valence-corrected chi connectivity index (χ3v) is 3.47. The fourth-order valence-corrected chi connectivity index (χ4v) is 1.89. The summed E-state index contributed by atoms with van der Waals surface area (Å²) in [5.74, 6) is -0.695. The van der Waals surface area contributed by atoms with Gasteiger partial charge in [-0.25, -0.2) is 0 Å². The van der Waals surface area contributed by atoms with Crippen molar-refractivity contribution in [3.8, 4) is 6.07 Å². The molecule has 1 aromatic rings. The number of halogens is 2. The Bertz CT molecular complexity index is 439. The maximum Gasteiger partial charge on any atom is 0.180 e. The van der Waals surface area contributed by atoms with Gasteiger partial charge in [-0.3, -0.25) is 4.79 Å². The van der Waals surface area contributed by atoms with Crippen molar-refractivity contribution in [1.29, 1.82) is 5.26 Å². The van der Waals surface area contributed by atoms with Crippen LogP contribution in [0.2, 0.25) is 5.02 Å². The summed E-state index contributed by atoms with van der Waals surface area (Å²) in [4.78, 5) is 11.9. The number of carbonyl (C=O) groups excluding carboxylic acids is 1. The number of benzene rings is 1. The zero-order valence-corrected chi connectivity index (χ0v) is 11.2. The molecule has 1 atom stereocenters. The van der Waals surface area contributed by atoms with E-state index in [9.17, 15) is 4.79 Å². The number of carbonyl (C=O) groups is 1. The van der Waals surface area contributed by atoms with Gasteiger partial charge < -0.3 is 0 Å². The third-order valence-electron chi connectivity index (χ3n) is 2.25. The van der Waals surface area contributed by atoms with E-state index < -0.39 is 5.92 Å². The summed E-state index contributed by atoms with van der Waals surface area (Å²) in [5.41, 5.74) is 0.524. The Hall–Kier alpha value is -0.850. The van der Waals surface area contributed by atoms with Crippen LogP contribution in [0, 0.1) is 17.2 Å². The normalized spacial score (nSPS) is 11.9. The molecule has 1 rings (SSSR count). The van der Waals surface area contributed by atoms with Crippen LogP contribution in [0.3, 0.4) is 0 Å². The molecule has 2 nitrogen and oxygen atoms in total. The number of hydrogen-bond donors (Lipinski definition) is 0.